The Labute approximate surface area is 101 Å². The Balaban J connectivity index is 2.40. The molecule has 5 heteroatoms. The van der Waals surface area contributed by atoms with Crippen molar-refractivity contribution in [2.75, 3.05) is 33.6 Å². The van der Waals surface area contributed by atoms with Gasteiger partial charge in [0, 0.05) is 25.3 Å². The Morgan fingerprint density at radius 3 is 2.59 bits per heavy atom. The molecule has 0 atom stereocenters. The zero-order valence-corrected chi connectivity index (χ0v) is 10.6. The lowest BCUT2D eigenvalue weighted by molar-refractivity contribution is 0.352. The second kappa shape index (κ2) is 4.53. The summed E-state index contributed by atoms with van der Waals surface area (Å²) in [5, 5.41) is 3.26. The largest absolute Gasteiger partial charge is 0.493 e. The molecule has 0 aromatic heterocycles. The van der Waals surface area contributed by atoms with Crippen LogP contribution in [0.15, 0.2) is 17.1 Å². The van der Waals surface area contributed by atoms with Crippen molar-refractivity contribution in [1.82, 2.24) is 4.90 Å². The number of aliphatic imine (C=N–C) groups is 1. The zero-order valence-electron chi connectivity index (χ0n) is 10.6. The minimum Gasteiger partial charge on any atom is -0.493 e. The molecule has 0 saturated carbocycles. The van der Waals surface area contributed by atoms with Gasteiger partial charge in [-0.3, -0.25) is 0 Å². The molecule has 0 radical (unpaired) electrons. The Bertz CT molecular complexity index is 455. The third-order valence-corrected chi connectivity index (χ3v) is 2.71. The predicted octanol–water partition coefficient (Wildman–Crippen LogP) is 1.55. The van der Waals surface area contributed by atoms with Gasteiger partial charge in [-0.15, -0.1) is 0 Å². The van der Waals surface area contributed by atoms with E-state index < -0.39 is 0 Å². The lowest BCUT2D eigenvalue weighted by Crippen LogP contribution is -2.32. The van der Waals surface area contributed by atoms with Gasteiger partial charge in [-0.2, -0.15) is 0 Å². The Kier molecular flexibility index (Phi) is 3.08. The van der Waals surface area contributed by atoms with Crippen molar-refractivity contribution in [3.8, 4) is 11.5 Å². The van der Waals surface area contributed by atoms with E-state index in [1.807, 2.05) is 31.1 Å². The maximum Gasteiger partial charge on any atom is 0.198 e. The molecule has 92 valence electrons. The summed E-state index contributed by atoms with van der Waals surface area (Å²) in [5.74, 6) is 2.33. The van der Waals surface area contributed by atoms with E-state index in [1.165, 1.54) is 0 Å². The van der Waals surface area contributed by atoms with Crippen LogP contribution in [0.25, 0.3) is 0 Å². The van der Waals surface area contributed by atoms with Crippen LogP contribution in [0.1, 0.15) is 5.56 Å². The highest BCUT2D eigenvalue weighted by Crippen LogP contribution is 2.37. The first-order chi connectivity index (χ1) is 8.17. The maximum atomic E-state index is 5.38. The fraction of sp³-hybridized carbons (Fsp3) is 0.417. The summed E-state index contributed by atoms with van der Waals surface area (Å²) in [6.07, 6.45) is 0. The molecule has 2 rings (SSSR count). The van der Waals surface area contributed by atoms with Crippen molar-refractivity contribution < 1.29 is 9.47 Å². The van der Waals surface area contributed by atoms with Crippen molar-refractivity contribution in [3.05, 3.63) is 17.7 Å². The highest BCUT2D eigenvalue weighted by molar-refractivity contribution is 5.96. The molecular weight excluding hydrogens is 218 g/mol. The summed E-state index contributed by atoms with van der Waals surface area (Å²) in [6.45, 7) is 0.593. The normalized spacial score (nSPS) is 13.3. The second-order valence-electron chi connectivity index (χ2n) is 3.99. The highest BCUT2D eigenvalue weighted by atomic mass is 16.5. The number of benzene rings is 1. The number of anilines is 1. The number of hydrogen-bond acceptors (Lipinski definition) is 5. The standard InChI is InChI=1S/C12H17N3O2/c1-15(2)12-13-7-8-9(14-12)5-6-10(16-3)11(8)17-4/h5-6H,7H2,1-4H3,(H,13,14). The smallest absolute Gasteiger partial charge is 0.198 e. The van der Waals surface area contributed by atoms with Gasteiger partial charge >= 0.3 is 0 Å². The van der Waals surface area contributed by atoms with Crippen molar-refractivity contribution in [2.45, 2.75) is 6.54 Å². The van der Waals surface area contributed by atoms with Crippen molar-refractivity contribution in [3.63, 3.8) is 0 Å². The first-order valence-electron chi connectivity index (χ1n) is 5.40. The molecule has 0 aliphatic carbocycles. The predicted molar refractivity (Wildman–Crippen MR) is 68.0 cm³/mol. The molecule has 5 nitrogen and oxygen atoms in total. The van der Waals surface area contributed by atoms with Crippen LogP contribution < -0.4 is 14.8 Å². The van der Waals surface area contributed by atoms with E-state index in [9.17, 15) is 0 Å². The van der Waals surface area contributed by atoms with Crippen molar-refractivity contribution in [1.29, 1.82) is 0 Å². The second-order valence-corrected chi connectivity index (χ2v) is 3.99. The van der Waals surface area contributed by atoms with Gasteiger partial charge in [0.05, 0.1) is 20.8 Å². The topological polar surface area (TPSA) is 46.1 Å². The van der Waals surface area contributed by atoms with E-state index in [2.05, 4.69) is 10.3 Å². The molecule has 0 saturated heterocycles. The Hall–Kier alpha value is -1.91. The lowest BCUT2D eigenvalue weighted by atomic mass is 10.1. The number of guanidine groups is 1. The minimum atomic E-state index is 0.593. The van der Waals surface area contributed by atoms with Crippen molar-refractivity contribution in [2.24, 2.45) is 4.99 Å². The molecule has 17 heavy (non-hydrogen) atoms. The fourth-order valence-corrected chi connectivity index (χ4v) is 1.83. The summed E-state index contributed by atoms with van der Waals surface area (Å²) >= 11 is 0. The molecule has 0 bridgehead atoms. The SMILES string of the molecule is COc1ccc2c(c1OC)CN=C(N(C)C)N2. The van der Waals surface area contributed by atoms with E-state index in [4.69, 9.17) is 9.47 Å². The van der Waals surface area contributed by atoms with Gasteiger partial charge in [0.25, 0.3) is 0 Å². The summed E-state index contributed by atoms with van der Waals surface area (Å²) in [5.41, 5.74) is 2.04. The number of nitrogens with one attached hydrogen (secondary N) is 1. The van der Waals surface area contributed by atoms with Crippen LogP contribution in [-0.2, 0) is 6.54 Å². The van der Waals surface area contributed by atoms with Gasteiger partial charge in [-0.25, -0.2) is 4.99 Å². The maximum absolute atomic E-state index is 5.38. The van der Waals surface area contributed by atoms with Crippen LogP contribution >= 0.6 is 0 Å². The molecule has 1 heterocycles. The van der Waals surface area contributed by atoms with E-state index in [-0.39, 0.29) is 0 Å². The van der Waals surface area contributed by atoms with E-state index >= 15 is 0 Å². The third-order valence-electron chi connectivity index (χ3n) is 2.71. The van der Waals surface area contributed by atoms with Gasteiger partial charge in [0.1, 0.15) is 0 Å². The third kappa shape index (κ3) is 2.00. The minimum absolute atomic E-state index is 0.593. The molecule has 0 fully saturated rings. The van der Waals surface area contributed by atoms with Gasteiger partial charge in [0.2, 0.25) is 0 Å². The fourth-order valence-electron chi connectivity index (χ4n) is 1.83. The summed E-state index contributed by atoms with van der Waals surface area (Å²) < 4.78 is 10.6. The number of ether oxygens (including phenoxy) is 2. The zero-order chi connectivity index (χ0) is 12.4. The molecule has 1 aliphatic heterocycles. The number of nitrogens with zero attached hydrogens (tertiary/aromatic N) is 2. The van der Waals surface area contributed by atoms with E-state index in [0.29, 0.717) is 6.54 Å². The molecule has 0 spiro atoms. The molecule has 0 amide bonds. The lowest BCUT2D eigenvalue weighted by Gasteiger charge is -2.25. The first kappa shape index (κ1) is 11.6. The van der Waals surface area contributed by atoms with Crippen LogP contribution in [0.5, 0.6) is 11.5 Å². The van der Waals surface area contributed by atoms with Crippen LogP contribution in [0.3, 0.4) is 0 Å². The first-order valence-corrected chi connectivity index (χ1v) is 5.40. The van der Waals surface area contributed by atoms with Crippen molar-refractivity contribution >= 4 is 11.6 Å². The number of rotatable bonds is 2. The quantitative estimate of drug-likeness (QED) is 0.844. The molecule has 1 N–H and O–H groups in total. The number of hydrogen-bond donors (Lipinski definition) is 1. The average Bonchev–Trinajstić information content (AvgIpc) is 2.36. The summed E-state index contributed by atoms with van der Waals surface area (Å²) in [4.78, 5) is 6.39. The molecule has 0 unspecified atom stereocenters. The van der Waals surface area contributed by atoms with Gasteiger partial charge in [0.15, 0.2) is 17.5 Å². The van der Waals surface area contributed by atoms with E-state index in [0.717, 1.165) is 28.7 Å². The Morgan fingerprint density at radius 1 is 1.24 bits per heavy atom. The summed E-state index contributed by atoms with van der Waals surface area (Å²) in [6, 6.07) is 3.87. The highest BCUT2D eigenvalue weighted by Gasteiger charge is 2.19. The van der Waals surface area contributed by atoms with Gasteiger partial charge in [-0.05, 0) is 12.1 Å². The molecular formula is C12H17N3O2. The van der Waals surface area contributed by atoms with Crippen LogP contribution in [0.2, 0.25) is 0 Å². The summed E-state index contributed by atoms with van der Waals surface area (Å²) in [7, 11) is 7.19. The molecule has 1 aliphatic rings. The van der Waals surface area contributed by atoms with E-state index in [1.54, 1.807) is 14.2 Å². The molecule has 1 aromatic rings. The van der Waals surface area contributed by atoms with Gasteiger partial charge in [-0.1, -0.05) is 0 Å². The van der Waals surface area contributed by atoms with Crippen LogP contribution in [0.4, 0.5) is 5.69 Å². The van der Waals surface area contributed by atoms with Gasteiger partial charge < -0.3 is 19.7 Å². The number of fused-ring (bicyclic) bond motifs is 1. The number of methoxy groups -OCH3 is 2. The monoisotopic (exact) mass is 235 g/mol. The van der Waals surface area contributed by atoms with Crippen LogP contribution in [-0.4, -0.2) is 39.2 Å². The Morgan fingerprint density at radius 2 is 2.00 bits per heavy atom. The van der Waals surface area contributed by atoms with Crippen LogP contribution in [0, 0.1) is 0 Å². The average molecular weight is 235 g/mol. The molecule has 1 aromatic carbocycles.